The van der Waals surface area contributed by atoms with E-state index in [4.69, 9.17) is 9.47 Å². The molecule has 0 N–H and O–H groups in total. The van der Waals surface area contributed by atoms with Crippen molar-refractivity contribution in [1.29, 1.82) is 0 Å². The first-order valence-electron chi connectivity index (χ1n) is 7.97. The number of methoxy groups -OCH3 is 1. The summed E-state index contributed by atoms with van der Waals surface area (Å²) in [5.41, 5.74) is 0.957. The van der Waals surface area contributed by atoms with Crippen LogP contribution in [0.2, 0.25) is 0 Å². The molecule has 0 amide bonds. The molecule has 0 aliphatic carbocycles. The minimum atomic E-state index is -0.655. The molecule has 0 unspecified atom stereocenters. The van der Waals surface area contributed by atoms with Crippen LogP contribution in [-0.4, -0.2) is 36.2 Å². The van der Waals surface area contributed by atoms with Crippen molar-refractivity contribution < 1.29 is 18.3 Å². The first-order valence-corrected chi connectivity index (χ1v) is 7.97. The maximum atomic E-state index is 13.6. The van der Waals surface area contributed by atoms with Gasteiger partial charge in [0.15, 0.2) is 11.6 Å². The van der Waals surface area contributed by atoms with Crippen LogP contribution in [0.4, 0.5) is 8.78 Å². The second-order valence-corrected chi connectivity index (χ2v) is 5.86. The number of pyridine rings is 1. The average molecular weight is 334 g/mol. The van der Waals surface area contributed by atoms with Gasteiger partial charge in [-0.15, -0.1) is 0 Å². The Morgan fingerprint density at radius 2 is 1.96 bits per heavy atom. The summed E-state index contributed by atoms with van der Waals surface area (Å²) in [5, 5.41) is 0. The van der Waals surface area contributed by atoms with Crippen LogP contribution in [0.1, 0.15) is 18.5 Å². The molecule has 0 bridgehead atoms. The minimum absolute atomic E-state index is 0.0560. The number of halogens is 2. The topological polar surface area (TPSA) is 34.6 Å². The van der Waals surface area contributed by atoms with Crippen molar-refractivity contribution in [1.82, 2.24) is 9.88 Å². The highest BCUT2D eigenvalue weighted by molar-refractivity contribution is 5.25. The Balaban J connectivity index is 1.52. The summed E-state index contributed by atoms with van der Waals surface area (Å²) in [7, 11) is 1.64. The van der Waals surface area contributed by atoms with E-state index in [9.17, 15) is 8.78 Å². The lowest BCUT2D eigenvalue weighted by Crippen LogP contribution is -2.38. The Hall–Kier alpha value is -2.21. The fourth-order valence-electron chi connectivity index (χ4n) is 2.83. The molecule has 6 heteroatoms. The van der Waals surface area contributed by atoms with Crippen molar-refractivity contribution in [2.75, 3.05) is 20.2 Å². The smallest absolute Gasteiger partial charge is 0.167 e. The third kappa shape index (κ3) is 4.20. The zero-order chi connectivity index (χ0) is 16.9. The number of rotatable bonds is 5. The number of piperidine rings is 1. The number of ether oxygens (including phenoxy) is 2. The fourth-order valence-corrected chi connectivity index (χ4v) is 2.83. The van der Waals surface area contributed by atoms with Crippen LogP contribution < -0.4 is 9.47 Å². The van der Waals surface area contributed by atoms with Gasteiger partial charge in [0.25, 0.3) is 0 Å². The maximum Gasteiger partial charge on any atom is 0.167 e. The van der Waals surface area contributed by atoms with Crippen molar-refractivity contribution in [2.45, 2.75) is 25.5 Å². The van der Waals surface area contributed by atoms with Crippen LogP contribution in [0.3, 0.4) is 0 Å². The van der Waals surface area contributed by atoms with E-state index in [2.05, 4.69) is 9.88 Å². The molecular formula is C18H20F2N2O2. The Kier molecular flexibility index (Phi) is 5.25. The maximum absolute atomic E-state index is 13.6. The lowest BCUT2D eigenvalue weighted by Gasteiger charge is -2.32. The Bertz CT molecular complexity index is 688. The van der Waals surface area contributed by atoms with E-state index in [0.717, 1.165) is 50.0 Å². The van der Waals surface area contributed by atoms with Crippen molar-refractivity contribution in [3.8, 4) is 11.5 Å². The molecule has 0 atom stereocenters. The molecule has 2 aromatic rings. The number of nitrogens with zero attached hydrogens (tertiary/aromatic N) is 2. The molecule has 1 aliphatic rings. The van der Waals surface area contributed by atoms with Crippen molar-refractivity contribution in [3.63, 3.8) is 0 Å². The van der Waals surface area contributed by atoms with Gasteiger partial charge in [0.05, 0.1) is 12.8 Å². The molecule has 0 radical (unpaired) electrons. The minimum Gasteiger partial charge on any atom is -0.497 e. The van der Waals surface area contributed by atoms with Gasteiger partial charge in [-0.25, -0.2) is 8.78 Å². The van der Waals surface area contributed by atoms with Crippen molar-refractivity contribution >= 4 is 0 Å². The molecule has 1 fully saturated rings. The highest BCUT2D eigenvalue weighted by atomic mass is 19.1. The third-order valence-corrected chi connectivity index (χ3v) is 4.13. The van der Waals surface area contributed by atoms with Gasteiger partial charge in [-0.3, -0.25) is 9.88 Å². The first kappa shape index (κ1) is 16.6. The summed E-state index contributed by atoms with van der Waals surface area (Å²) in [6, 6.07) is 7.15. The van der Waals surface area contributed by atoms with E-state index in [0.29, 0.717) is 0 Å². The molecule has 24 heavy (non-hydrogen) atoms. The highest BCUT2D eigenvalue weighted by Gasteiger charge is 2.22. The summed E-state index contributed by atoms with van der Waals surface area (Å²) >= 11 is 0. The highest BCUT2D eigenvalue weighted by Crippen LogP contribution is 2.23. The van der Waals surface area contributed by atoms with E-state index in [1.807, 2.05) is 12.1 Å². The molecule has 3 rings (SSSR count). The van der Waals surface area contributed by atoms with Crippen LogP contribution in [0.5, 0.6) is 11.5 Å². The largest absolute Gasteiger partial charge is 0.497 e. The van der Waals surface area contributed by atoms with E-state index in [1.165, 1.54) is 12.1 Å². The predicted molar refractivity (Wildman–Crippen MR) is 86.1 cm³/mol. The van der Waals surface area contributed by atoms with Crippen LogP contribution in [0, 0.1) is 11.6 Å². The molecule has 1 aromatic heterocycles. The van der Waals surface area contributed by atoms with Gasteiger partial charge in [0.1, 0.15) is 17.7 Å². The van der Waals surface area contributed by atoms with Crippen LogP contribution >= 0.6 is 0 Å². The normalized spacial score (nSPS) is 16.1. The summed E-state index contributed by atoms with van der Waals surface area (Å²) in [6.45, 7) is 2.42. The van der Waals surface area contributed by atoms with Crippen LogP contribution in [0.25, 0.3) is 0 Å². The van der Waals surface area contributed by atoms with Gasteiger partial charge in [0.2, 0.25) is 0 Å². The van der Waals surface area contributed by atoms with E-state index < -0.39 is 11.6 Å². The van der Waals surface area contributed by atoms with Gasteiger partial charge in [-0.05, 0) is 31.0 Å². The Morgan fingerprint density at radius 1 is 1.17 bits per heavy atom. The fraction of sp³-hybridized carbons (Fsp3) is 0.389. The molecule has 0 saturated carbocycles. The van der Waals surface area contributed by atoms with Gasteiger partial charge >= 0.3 is 0 Å². The molecule has 1 aromatic carbocycles. The SMILES string of the molecule is COc1ccnc(CN2CCC(Oc3ccc(F)cc3F)CC2)c1. The second-order valence-electron chi connectivity index (χ2n) is 5.86. The molecule has 2 heterocycles. The monoisotopic (exact) mass is 334 g/mol. The van der Waals surface area contributed by atoms with Crippen LogP contribution in [0.15, 0.2) is 36.5 Å². The van der Waals surface area contributed by atoms with Crippen molar-refractivity contribution in [3.05, 3.63) is 53.9 Å². The Labute approximate surface area is 140 Å². The summed E-state index contributed by atoms with van der Waals surface area (Å²) in [4.78, 5) is 6.63. The first-order chi connectivity index (χ1) is 11.6. The van der Waals surface area contributed by atoms with E-state index in [1.54, 1.807) is 13.3 Å². The summed E-state index contributed by atoms with van der Waals surface area (Å²) in [5.74, 6) is -0.340. The number of aromatic nitrogens is 1. The number of likely N-dealkylation sites (tertiary alicyclic amines) is 1. The number of benzene rings is 1. The van der Waals surface area contributed by atoms with Crippen LogP contribution in [-0.2, 0) is 6.54 Å². The lowest BCUT2D eigenvalue weighted by atomic mass is 10.1. The van der Waals surface area contributed by atoms with Gasteiger partial charge in [-0.1, -0.05) is 0 Å². The summed E-state index contributed by atoms with van der Waals surface area (Å²) < 4.78 is 37.4. The molecule has 4 nitrogen and oxygen atoms in total. The number of hydrogen-bond donors (Lipinski definition) is 0. The average Bonchev–Trinajstić information content (AvgIpc) is 2.59. The quantitative estimate of drug-likeness (QED) is 0.839. The van der Waals surface area contributed by atoms with E-state index in [-0.39, 0.29) is 11.9 Å². The molecule has 1 aliphatic heterocycles. The third-order valence-electron chi connectivity index (χ3n) is 4.13. The zero-order valence-corrected chi connectivity index (χ0v) is 13.5. The van der Waals surface area contributed by atoms with E-state index >= 15 is 0 Å². The molecule has 128 valence electrons. The Morgan fingerprint density at radius 3 is 2.67 bits per heavy atom. The number of hydrogen-bond acceptors (Lipinski definition) is 4. The molecule has 1 saturated heterocycles. The lowest BCUT2D eigenvalue weighted by molar-refractivity contribution is 0.0927. The molecule has 0 spiro atoms. The van der Waals surface area contributed by atoms with Gasteiger partial charge in [0, 0.05) is 38.0 Å². The zero-order valence-electron chi connectivity index (χ0n) is 13.5. The second kappa shape index (κ2) is 7.57. The standard InChI is InChI=1S/C18H20F2N2O2/c1-23-16-4-7-21-14(11-16)12-22-8-5-15(6-9-22)24-18-3-2-13(19)10-17(18)20/h2-4,7,10-11,15H,5-6,8-9,12H2,1H3. The predicted octanol–water partition coefficient (Wildman–Crippen LogP) is 3.41. The van der Waals surface area contributed by atoms with Gasteiger partial charge < -0.3 is 9.47 Å². The molecular weight excluding hydrogens is 314 g/mol. The summed E-state index contributed by atoms with van der Waals surface area (Å²) in [6.07, 6.45) is 3.27. The van der Waals surface area contributed by atoms with Gasteiger partial charge in [-0.2, -0.15) is 0 Å². The van der Waals surface area contributed by atoms with Crippen molar-refractivity contribution in [2.24, 2.45) is 0 Å².